The summed E-state index contributed by atoms with van der Waals surface area (Å²) in [5, 5.41) is -0.811. The highest BCUT2D eigenvalue weighted by atomic mass is 79.9. The van der Waals surface area contributed by atoms with E-state index in [0.717, 1.165) is 10.0 Å². The Hall–Kier alpha value is -1.19. The van der Waals surface area contributed by atoms with Crippen molar-refractivity contribution in [3.05, 3.63) is 69.4 Å². The summed E-state index contributed by atoms with van der Waals surface area (Å²) in [6, 6.07) is 11.0. The van der Waals surface area contributed by atoms with Crippen LogP contribution in [-0.4, -0.2) is 5.78 Å². The maximum Gasteiger partial charge on any atom is 0.185 e. The first-order valence-corrected chi connectivity index (χ1v) is 6.92. The van der Waals surface area contributed by atoms with Crippen LogP contribution in [0.15, 0.2) is 46.9 Å². The van der Waals surface area contributed by atoms with Crippen molar-refractivity contribution in [1.29, 1.82) is 0 Å². The highest BCUT2D eigenvalue weighted by Gasteiger charge is 2.21. The Balaban J connectivity index is 2.33. The molecule has 1 unspecified atom stereocenters. The van der Waals surface area contributed by atoms with Crippen molar-refractivity contribution < 1.29 is 9.18 Å². The highest BCUT2D eigenvalue weighted by Crippen LogP contribution is 2.28. The number of hydrogen-bond donors (Lipinski definition) is 0. The molecule has 0 heterocycles. The van der Waals surface area contributed by atoms with Gasteiger partial charge in [0.05, 0.1) is 0 Å². The SMILES string of the molecule is Cc1c(Br)cccc1C(=O)C(Cl)c1ccc(F)cc1. The van der Waals surface area contributed by atoms with Crippen molar-refractivity contribution in [1.82, 2.24) is 0 Å². The van der Waals surface area contributed by atoms with Crippen molar-refractivity contribution in [2.45, 2.75) is 12.3 Å². The first kappa shape index (κ1) is 14.2. The summed E-state index contributed by atoms with van der Waals surface area (Å²) in [4.78, 5) is 12.4. The number of Topliss-reactive ketones (excluding diaryl/α,β-unsaturated/α-hetero) is 1. The lowest BCUT2D eigenvalue weighted by atomic mass is 9.99. The van der Waals surface area contributed by atoms with Crippen LogP contribution in [-0.2, 0) is 0 Å². The summed E-state index contributed by atoms with van der Waals surface area (Å²) in [6.07, 6.45) is 0. The van der Waals surface area contributed by atoms with Crippen molar-refractivity contribution in [2.24, 2.45) is 0 Å². The first-order valence-electron chi connectivity index (χ1n) is 5.69. The number of rotatable bonds is 3. The molecule has 4 heteroatoms. The van der Waals surface area contributed by atoms with Gasteiger partial charge < -0.3 is 0 Å². The second-order valence-electron chi connectivity index (χ2n) is 4.19. The zero-order valence-corrected chi connectivity index (χ0v) is 12.5. The van der Waals surface area contributed by atoms with Crippen LogP contribution in [0.5, 0.6) is 0 Å². The van der Waals surface area contributed by atoms with E-state index in [-0.39, 0.29) is 11.6 Å². The highest BCUT2D eigenvalue weighted by molar-refractivity contribution is 9.10. The molecule has 0 spiro atoms. The zero-order valence-electron chi connectivity index (χ0n) is 10.2. The molecule has 0 aliphatic carbocycles. The van der Waals surface area contributed by atoms with Gasteiger partial charge >= 0.3 is 0 Å². The van der Waals surface area contributed by atoms with E-state index < -0.39 is 5.38 Å². The maximum atomic E-state index is 12.9. The zero-order chi connectivity index (χ0) is 14.0. The number of carbonyl (C=O) groups excluding carboxylic acids is 1. The molecular formula is C15H11BrClFO. The molecule has 0 aliphatic heterocycles. The number of ketones is 1. The number of hydrogen-bond acceptors (Lipinski definition) is 1. The monoisotopic (exact) mass is 340 g/mol. The molecular weight excluding hydrogens is 331 g/mol. The molecule has 19 heavy (non-hydrogen) atoms. The first-order chi connectivity index (χ1) is 9.00. The van der Waals surface area contributed by atoms with Gasteiger partial charge in [0.1, 0.15) is 11.2 Å². The van der Waals surface area contributed by atoms with Crippen LogP contribution in [0.4, 0.5) is 4.39 Å². The average Bonchev–Trinajstić information content (AvgIpc) is 2.41. The minimum Gasteiger partial charge on any atom is -0.292 e. The second-order valence-corrected chi connectivity index (χ2v) is 5.48. The van der Waals surface area contributed by atoms with Gasteiger partial charge in [0, 0.05) is 10.0 Å². The lowest BCUT2D eigenvalue weighted by molar-refractivity contribution is 0.0986. The molecule has 0 radical (unpaired) electrons. The van der Waals surface area contributed by atoms with Gasteiger partial charge in [-0.25, -0.2) is 4.39 Å². The van der Waals surface area contributed by atoms with Gasteiger partial charge in [-0.15, -0.1) is 11.6 Å². The molecule has 2 rings (SSSR count). The van der Waals surface area contributed by atoms with Gasteiger partial charge in [0.2, 0.25) is 0 Å². The molecule has 0 saturated heterocycles. The largest absolute Gasteiger partial charge is 0.292 e. The third kappa shape index (κ3) is 3.04. The van der Waals surface area contributed by atoms with E-state index >= 15 is 0 Å². The molecule has 98 valence electrons. The normalized spacial score (nSPS) is 12.2. The van der Waals surface area contributed by atoms with Gasteiger partial charge in [-0.1, -0.05) is 40.2 Å². The molecule has 0 N–H and O–H groups in total. The average molecular weight is 342 g/mol. The summed E-state index contributed by atoms with van der Waals surface area (Å²) in [7, 11) is 0. The summed E-state index contributed by atoms with van der Waals surface area (Å²) in [5.41, 5.74) is 2.01. The Bertz CT molecular complexity index is 610. The van der Waals surface area contributed by atoms with Crippen LogP contribution in [0.1, 0.15) is 26.9 Å². The van der Waals surface area contributed by atoms with Crippen LogP contribution in [0.2, 0.25) is 0 Å². The maximum absolute atomic E-state index is 12.9. The molecule has 1 atom stereocenters. The van der Waals surface area contributed by atoms with Gasteiger partial charge in [-0.3, -0.25) is 4.79 Å². The third-order valence-corrected chi connectivity index (χ3v) is 4.24. The molecule has 0 aromatic heterocycles. The van der Waals surface area contributed by atoms with E-state index in [0.29, 0.717) is 11.1 Å². The fraction of sp³-hybridized carbons (Fsp3) is 0.133. The van der Waals surface area contributed by atoms with Gasteiger partial charge in [0.15, 0.2) is 5.78 Å². The number of halogens is 3. The Morgan fingerprint density at radius 1 is 1.21 bits per heavy atom. The van der Waals surface area contributed by atoms with Crippen LogP contribution >= 0.6 is 27.5 Å². The van der Waals surface area contributed by atoms with E-state index in [1.165, 1.54) is 24.3 Å². The number of benzene rings is 2. The van der Waals surface area contributed by atoms with Crippen molar-refractivity contribution in [3.63, 3.8) is 0 Å². The Morgan fingerprint density at radius 2 is 1.84 bits per heavy atom. The van der Waals surface area contributed by atoms with Crippen molar-refractivity contribution >= 4 is 33.3 Å². The van der Waals surface area contributed by atoms with Gasteiger partial charge in [-0.05, 0) is 36.2 Å². The van der Waals surface area contributed by atoms with Gasteiger partial charge in [-0.2, -0.15) is 0 Å². The summed E-state index contributed by atoms with van der Waals surface area (Å²) in [6.45, 7) is 1.85. The lowest BCUT2D eigenvalue weighted by Crippen LogP contribution is -2.09. The molecule has 0 amide bonds. The minimum atomic E-state index is -0.811. The van der Waals surface area contributed by atoms with E-state index in [2.05, 4.69) is 15.9 Å². The number of carbonyl (C=O) groups is 1. The smallest absolute Gasteiger partial charge is 0.185 e. The third-order valence-electron chi connectivity index (χ3n) is 2.93. The van der Waals surface area contributed by atoms with Crippen LogP contribution < -0.4 is 0 Å². The molecule has 0 saturated carbocycles. The standard InChI is InChI=1S/C15H11BrClFO/c1-9-12(3-2-4-13(9)16)15(19)14(17)10-5-7-11(18)8-6-10/h2-8,14H,1H3. The minimum absolute atomic E-state index is 0.188. The molecule has 0 fully saturated rings. The van der Waals surface area contributed by atoms with E-state index in [9.17, 15) is 9.18 Å². The Kier molecular flexibility index (Phi) is 4.38. The summed E-state index contributed by atoms with van der Waals surface area (Å²) in [5.74, 6) is -0.536. The van der Waals surface area contributed by atoms with Crippen molar-refractivity contribution in [3.8, 4) is 0 Å². The quantitative estimate of drug-likeness (QED) is 0.563. The fourth-order valence-corrected chi connectivity index (χ4v) is 2.42. The molecule has 2 aromatic rings. The Morgan fingerprint density at radius 3 is 2.47 bits per heavy atom. The summed E-state index contributed by atoms with van der Waals surface area (Å²) < 4.78 is 13.7. The topological polar surface area (TPSA) is 17.1 Å². The molecule has 0 bridgehead atoms. The van der Waals surface area contributed by atoms with Crippen molar-refractivity contribution in [2.75, 3.05) is 0 Å². The predicted molar refractivity (Wildman–Crippen MR) is 78.2 cm³/mol. The molecule has 0 aliphatic rings. The van der Waals surface area contributed by atoms with E-state index in [1.807, 2.05) is 13.0 Å². The summed E-state index contributed by atoms with van der Waals surface area (Å²) >= 11 is 9.56. The van der Waals surface area contributed by atoms with Crippen LogP contribution in [0.25, 0.3) is 0 Å². The van der Waals surface area contributed by atoms with Crippen LogP contribution in [0, 0.1) is 12.7 Å². The Labute approximate surface area is 124 Å². The predicted octanol–water partition coefficient (Wildman–Crippen LogP) is 5.06. The van der Waals surface area contributed by atoms with Gasteiger partial charge in [0.25, 0.3) is 0 Å². The molecule has 1 nitrogen and oxygen atoms in total. The van der Waals surface area contributed by atoms with E-state index in [1.54, 1.807) is 12.1 Å². The lowest BCUT2D eigenvalue weighted by Gasteiger charge is -2.12. The van der Waals surface area contributed by atoms with Crippen LogP contribution in [0.3, 0.4) is 0 Å². The second kappa shape index (κ2) is 5.85. The number of alkyl halides is 1. The molecule has 2 aromatic carbocycles. The fourth-order valence-electron chi connectivity index (χ4n) is 1.79. The van der Waals surface area contributed by atoms with E-state index in [4.69, 9.17) is 11.6 Å².